The summed E-state index contributed by atoms with van der Waals surface area (Å²) in [5, 5.41) is 0. The Bertz CT molecular complexity index is 254. The van der Waals surface area contributed by atoms with E-state index in [-0.39, 0.29) is 17.2 Å². The highest BCUT2D eigenvalue weighted by atomic mass is 16.2. The SMILES string of the molecule is CC1(C)CC(=O)N(CCCCCN)C(=O)C1. The Kier molecular flexibility index (Phi) is 4.47. The number of carbonyl (C=O) groups is 2. The molecule has 0 aliphatic carbocycles. The van der Waals surface area contributed by atoms with E-state index in [0.29, 0.717) is 25.9 Å². The zero-order chi connectivity index (χ0) is 12.2. The molecule has 0 radical (unpaired) electrons. The molecule has 1 aliphatic rings. The molecular formula is C12H22N2O2. The lowest BCUT2D eigenvalue weighted by molar-refractivity contribution is -0.152. The van der Waals surface area contributed by atoms with Gasteiger partial charge in [0.05, 0.1) is 0 Å². The Labute approximate surface area is 97.2 Å². The Morgan fingerprint density at radius 1 is 1.12 bits per heavy atom. The predicted molar refractivity (Wildman–Crippen MR) is 62.6 cm³/mol. The van der Waals surface area contributed by atoms with Gasteiger partial charge in [-0.1, -0.05) is 20.3 Å². The van der Waals surface area contributed by atoms with Crippen molar-refractivity contribution < 1.29 is 9.59 Å². The van der Waals surface area contributed by atoms with E-state index in [9.17, 15) is 9.59 Å². The zero-order valence-electron chi connectivity index (χ0n) is 10.3. The zero-order valence-corrected chi connectivity index (χ0v) is 10.3. The van der Waals surface area contributed by atoms with E-state index in [1.807, 2.05) is 13.8 Å². The van der Waals surface area contributed by atoms with Crippen molar-refractivity contribution in [3.8, 4) is 0 Å². The number of piperidine rings is 1. The van der Waals surface area contributed by atoms with E-state index in [2.05, 4.69) is 0 Å². The van der Waals surface area contributed by atoms with Crippen molar-refractivity contribution in [3.63, 3.8) is 0 Å². The minimum atomic E-state index is -0.165. The molecular weight excluding hydrogens is 204 g/mol. The topological polar surface area (TPSA) is 63.4 Å². The van der Waals surface area contributed by atoms with Crippen molar-refractivity contribution in [2.75, 3.05) is 13.1 Å². The molecule has 92 valence electrons. The summed E-state index contributed by atoms with van der Waals surface area (Å²) in [6, 6.07) is 0. The first-order valence-corrected chi connectivity index (χ1v) is 5.99. The lowest BCUT2D eigenvalue weighted by Gasteiger charge is -2.34. The monoisotopic (exact) mass is 226 g/mol. The first kappa shape index (κ1) is 13.2. The van der Waals surface area contributed by atoms with Gasteiger partial charge in [0.2, 0.25) is 11.8 Å². The van der Waals surface area contributed by atoms with Crippen LogP contribution in [0, 0.1) is 5.41 Å². The standard InChI is InChI=1S/C12H22N2O2/c1-12(2)8-10(15)14(11(16)9-12)7-5-3-4-6-13/h3-9,13H2,1-2H3. The molecule has 1 heterocycles. The van der Waals surface area contributed by atoms with Gasteiger partial charge in [-0.05, 0) is 24.8 Å². The van der Waals surface area contributed by atoms with Gasteiger partial charge in [-0.25, -0.2) is 0 Å². The van der Waals surface area contributed by atoms with Gasteiger partial charge in [0, 0.05) is 19.4 Å². The van der Waals surface area contributed by atoms with Crippen LogP contribution in [0.15, 0.2) is 0 Å². The highest BCUT2D eigenvalue weighted by Gasteiger charge is 2.36. The van der Waals surface area contributed by atoms with Gasteiger partial charge in [-0.15, -0.1) is 0 Å². The molecule has 0 atom stereocenters. The van der Waals surface area contributed by atoms with Gasteiger partial charge in [-0.3, -0.25) is 14.5 Å². The minimum Gasteiger partial charge on any atom is -0.330 e. The molecule has 0 unspecified atom stereocenters. The molecule has 2 N–H and O–H groups in total. The summed E-state index contributed by atoms with van der Waals surface area (Å²) < 4.78 is 0. The van der Waals surface area contributed by atoms with Gasteiger partial charge < -0.3 is 5.73 Å². The van der Waals surface area contributed by atoms with Crippen LogP contribution in [-0.4, -0.2) is 29.8 Å². The summed E-state index contributed by atoms with van der Waals surface area (Å²) >= 11 is 0. The second-order valence-corrected chi connectivity index (χ2v) is 5.31. The van der Waals surface area contributed by atoms with E-state index >= 15 is 0 Å². The molecule has 1 fully saturated rings. The van der Waals surface area contributed by atoms with Crippen molar-refractivity contribution in [1.82, 2.24) is 4.90 Å². The number of likely N-dealkylation sites (tertiary alicyclic amines) is 1. The fraction of sp³-hybridized carbons (Fsp3) is 0.833. The number of hydrogen-bond acceptors (Lipinski definition) is 3. The Morgan fingerprint density at radius 2 is 1.69 bits per heavy atom. The van der Waals surface area contributed by atoms with Crippen LogP contribution in [-0.2, 0) is 9.59 Å². The number of hydrogen-bond donors (Lipinski definition) is 1. The predicted octanol–water partition coefficient (Wildman–Crippen LogP) is 1.29. The Morgan fingerprint density at radius 3 is 2.19 bits per heavy atom. The highest BCUT2D eigenvalue weighted by Crippen LogP contribution is 2.31. The van der Waals surface area contributed by atoms with Gasteiger partial charge in [0.15, 0.2) is 0 Å². The van der Waals surface area contributed by atoms with Gasteiger partial charge in [0.25, 0.3) is 0 Å². The van der Waals surface area contributed by atoms with E-state index < -0.39 is 0 Å². The largest absolute Gasteiger partial charge is 0.330 e. The highest BCUT2D eigenvalue weighted by molar-refractivity contribution is 5.98. The Balaban J connectivity index is 2.42. The first-order valence-electron chi connectivity index (χ1n) is 5.99. The quantitative estimate of drug-likeness (QED) is 0.567. The molecule has 1 saturated heterocycles. The lowest BCUT2D eigenvalue weighted by atomic mass is 9.82. The number of nitrogens with two attached hydrogens (primary N) is 1. The summed E-state index contributed by atoms with van der Waals surface area (Å²) in [5.41, 5.74) is 5.23. The molecule has 0 aromatic rings. The van der Waals surface area contributed by atoms with E-state index in [0.717, 1.165) is 19.3 Å². The van der Waals surface area contributed by atoms with E-state index in [1.54, 1.807) is 0 Å². The number of carbonyl (C=O) groups excluding carboxylic acids is 2. The third kappa shape index (κ3) is 3.59. The molecule has 0 saturated carbocycles. The fourth-order valence-corrected chi connectivity index (χ4v) is 2.05. The van der Waals surface area contributed by atoms with Crippen molar-refractivity contribution in [3.05, 3.63) is 0 Å². The van der Waals surface area contributed by atoms with Crippen LogP contribution >= 0.6 is 0 Å². The number of unbranched alkanes of at least 4 members (excludes halogenated alkanes) is 2. The smallest absolute Gasteiger partial charge is 0.229 e. The minimum absolute atomic E-state index is 0.0194. The Hall–Kier alpha value is -0.900. The number of imide groups is 1. The van der Waals surface area contributed by atoms with Gasteiger partial charge in [-0.2, -0.15) is 0 Å². The van der Waals surface area contributed by atoms with Crippen LogP contribution in [0.5, 0.6) is 0 Å². The van der Waals surface area contributed by atoms with E-state index in [4.69, 9.17) is 5.73 Å². The summed E-state index contributed by atoms with van der Waals surface area (Å²) in [6.07, 6.45) is 3.78. The summed E-state index contributed by atoms with van der Waals surface area (Å²) in [6.45, 7) is 5.17. The molecule has 16 heavy (non-hydrogen) atoms. The molecule has 4 nitrogen and oxygen atoms in total. The van der Waals surface area contributed by atoms with Crippen molar-refractivity contribution >= 4 is 11.8 Å². The van der Waals surface area contributed by atoms with Crippen LogP contribution < -0.4 is 5.73 Å². The number of nitrogens with zero attached hydrogens (tertiary/aromatic N) is 1. The van der Waals surface area contributed by atoms with Crippen LogP contribution in [0.25, 0.3) is 0 Å². The second-order valence-electron chi connectivity index (χ2n) is 5.31. The van der Waals surface area contributed by atoms with Crippen molar-refractivity contribution in [1.29, 1.82) is 0 Å². The first-order chi connectivity index (χ1) is 7.46. The molecule has 1 rings (SSSR count). The van der Waals surface area contributed by atoms with Crippen LogP contribution in [0.1, 0.15) is 46.0 Å². The molecule has 0 aromatic carbocycles. The van der Waals surface area contributed by atoms with Gasteiger partial charge in [0.1, 0.15) is 0 Å². The summed E-state index contributed by atoms with van der Waals surface area (Å²) in [4.78, 5) is 24.9. The maximum absolute atomic E-state index is 11.8. The third-order valence-electron chi connectivity index (χ3n) is 2.95. The molecule has 0 bridgehead atoms. The molecule has 2 amide bonds. The summed E-state index contributed by atoms with van der Waals surface area (Å²) in [7, 11) is 0. The fourth-order valence-electron chi connectivity index (χ4n) is 2.05. The maximum Gasteiger partial charge on any atom is 0.229 e. The number of amides is 2. The van der Waals surface area contributed by atoms with E-state index in [1.165, 1.54) is 4.90 Å². The molecule has 1 aliphatic heterocycles. The normalized spacial score (nSPS) is 20.3. The number of rotatable bonds is 5. The van der Waals surface area contributed by atoms with Crippen LogP contribution in [0.2, 0.25) is 0 Å². The maximum atomic E-state index is 11.8. The molecule has 0 spiro atoms. The van der Waals surface area contributed by atoms with Crippen molar-refractivity contribution in [2.45, 2.75) is 46.0 Å². The average molecular weight is 226 g/mol. The third-order valence-corrected chi connectivity index (χ3v) is 2.95. The van der Waals surface area contributed by atoms with Gasteiger partial charge >= 0.3 is 0 Å². The van der Waals surface area contributed by atoms with Crippen molar-refractivity contribution in [2.24, 2.45) is 11.1 Å². The average Bonchev–Trinajstić information content (AvgIpc) is 2.13. The second kappa shape index (κ2) is 5.43. The molecule has 0 aromatic heterocycles. The van der Waals surface area contributed by atoms with Crippen LogP contribution in [0.4, 0.5) is 0 Å². The summed E-state index contributed by atoms with van der Waals surface area (Å²) in [5.74, 6) is -0.0389. The molecule has 4 heteroatoms. The van der Waals surface area contributed by atoms with Crippen LogP contribution in [0.3, 0.4) is 0 Å². The lowest BCUT2D eigenvalue weighted by Crippen LogP contribution is -2.46.